The van der Waals surface area contributed by atoms with Gasteiger partial charge in [0.25, 0.3) is 10.1 Å². The fourth-order valence-corrected chi connectivity index (χ4v) is 1.50. The molecule has 0 aliphatic heterocycles. The highest BCUT2D eigenvalue weighted by Crippen LogP contribution is 2.17. The smallest absolute Gasteiger partial charge is 0.282 e. The Morgan fingerprint density at radius 2 is 2.07 bits per heavy atom. The van der Waals surface area contributed by atoms with Crippen molar-refractivity contribution in [2.75, 3.05) is 0 Å². The van der Waals surface area contributed by atoms with Crippen LogP contribution in [0.2, 0.25) is 0 Å². The summed E-state index contributed by atoms with van der Waals surface area (Å²) in [4.78, 5) is -0.141. The van der Waals surface area contributed by atoms with E-state index in [0.717, 1.165) is 0 Å². The average Bonchev–Trinajstić information content (AvgIpc) is 2.15. The van der Waals surface area contributed by atoms with Gasteiger partial charge in [0.2, 0.25) is 0 Å². The zero-order chi connectivity index (χ0) is 10.8. The summed E-state index contributed by atoms with van der Waals surface area (Å²) in [5, 5.41) is 0. The standard InChI is InChI=1S/C10H10O3S/c1-3-8(2)9-5-4-6-10(7-9)14(11,12)13/h3-7H,1-2H2,(H,11,12,13). The van der Waals surface area contributed by atoms with Gasteiger partial charge in [-0.3, -0.25) is 4.55 Å². The van der Waals surface area contributed by atoms with Crippen molar-refractivity contribution < 1.29 is 13.0 Å². The van der Waals surface area contributed by atoms with Crippen LogP contribution in [0.5, 0.6) is 0 Å². The number of hydrogen-bond donors (Lipinski definition) is 1. The van der Waals surface area contributed by atoms with Crippen LogP contribution in [0.25, 0.3) is 5.57 Å². The van der Waals surface area contributed by atoms with Crippen LogP contribution < -0.4 is 0 Å². The number of rotatable bonds is 3. The van der Waals surface area contributed by atoms with Crippen molar-refractivity contribution in [3.05, 3.63) is 49.1 Å². The molecule has 1 aromatic rings. The van der Waals surface area contributed by atoms with Gasteiger partial charge in [-0.2, -0.15) is 8.42 Å². The SMILES string of the molecule is C=CC(=C)c1cccc(S(=O)(=O)O)c1. The van der Waals surface area contributed by atoms with Crippen LogP contribution in [-0.2, 0) is 10.1 Å². The van der Waals surface area contributed by atoms with Gasteiger partial charge in [0, 0.05) is 0 Å². The highest BCUT2D eigenvalue weighted by Gasteiger charge is 2.09. The van der Waals surface area contributed by atoms with Crippen molar-refractivity contribution in [1.82, 2.24) is 0 Å². The summed E-state index contributed by atoms with van der Waals surface area (Å²) in [7, 11) is -4.14. The second-order valence-corrected chi connectivity index (χ2v) is 4.15. The van der Waals surface area contributed by atoms with Gasteiger partial charge >= 0.3 is 0 Å². The molecule has 0 fully saturated rings. The lowest BCUT2D eigenvalue weighted by Gasteiger charge is -2.02. The van der Waals surface area contributed by atoms with Gasteiger partial charge < -0.3 is 0 Å². The molecule has 0 bridgehead atoms. The van der Waals surface area contributed by atoms with Crippen LogP contribution >= 0.6 is 0 Å². The third-order valence-corrected chi connectivity index (χ3v) is 2.60. The van der Waals surface area contributed by atoms with Gasteiger partial charge in [-0.25, -0.2) is 0 Å². The third-order valence-electron chi connectivity index (χ3n) is 1.75. The van der Waals surface area contributed by atoms with Crippen molar-refractivity contribution in [2.24, 2.45) is 0 Å². The fourth-order valence-electron chi connectivity index (χ4n) is 0.974. The van der Waals surface area contributed by atoms with Crippen molar-refractivity contribution in [2.45, 2.75) is 4.90 Å². The monoisotopic (exact) mass is 210 g/mol. The Balaban J connectivity index is 3.27. The van der Waals surface area contributed by atoms with E-state index in [2.05, 4.69) is 13.2 Å². The van der Waals surface area contributed by atoms with Crippen LogP contribution in [0.4, 0.5) is 0 Å². The highest BCUT2D eigenvalue weighted by molar-refractivity contribution is 7.85. The first-order valence-electron chi connectivity index (χ1n) is 3.84. The van der Waals surface area contributed by atoms with Gasteiger partial charge in [-0.1, -0.05) is 31.4 Å². The number of hydrogen-bond acceptors (Lipinski definition) is 2. The van der Waals surface area contributed by atoms with Crippen molar-refractivity contribution in [3.63, 3.8) is 0 Å². The number of benzene rings is 1. The molecule has 0 atom stereocenters. The first-order valence-corrected chi connectivity index (χ1v) is 5.28. The van der Waals surface area contributed by atoms with E-state index in [1.165, 1.54) is 24.3 Å². The van der Waals surface area contributed by atoms with E-state index >= 15 is 0 Å². The summed E-state index contributed by atoms with van der Waals surface area (Å²) >= 11 is 0. The van der Waals surface area contributed by atoms with Crippen LogP contribution in [0.3, 0.4) is 0 Å². The number of allylic oxidation sites excluding steroid dienone is 2. The van der Waals surface area contributed by atoms with Gasteiger partial charge in [-0.15, -0.1) is 0 Å². The molecule has 1 N–H and O–H groups in total. The van der Waals surface area contributed by atoms with Crippen LogP contribution in [0.1, 0.15) is 5.56 Å². The second-order valence-electron chi connectivity index (χ2n) is 2.73. The Bertz CT molecular complexity index is 472. The lowest BCUT2D eigenvalue weighted by Crippen LogP contribution is -1.98. The van der Waals surface area contributed by atoms with E-state index in [-0.39, 0.29) is 4.90 Å². The van der Waals surface area contributed by atoms with Crippen LogP contribution in [0, 0.1) is 0 Å². The fraction of sp³-hybridized carbons (Fsp3) is 0. The molecule has 0 aromatic heterocycles. The molecule has 4 heteroatoms. The first kappa shape index (κ1) is 10.7. The normalized spacial score (nSPS) is 10.9. The molecule has 0 amide bonds. The Hall–Kier alpha value is -1.39. The molecule has 1 rings (SSSR count). The summed E-state index contributed by atoms with van der Waals surface area (Å²) in [6.07, 6.45) is 1.52. The summed E-state index contributed by atoms with van der Waals surface area (Å²) in [6.45, 7) is 7.19. The average molecular weight is 210 g/mol. The van der Waals surface area contributed by atoms with E-state index in [1.54, 1.807) is 6.07 Å². The molecule has 74 valence electrons. The first-order chi connectivity index (χ1) is 6.45. The largest absolute Gasteiger partial charge is 0.294 e. The van der Waals surface area contributed by atoms with E-state index in [0.29, 0.717) is 11.1 Å². The molecular weight excluding hydrogens is 200 g/mol. The second kappa shape index (κ2) is 3.77. The molecule has 0 unspecified atom stereocenters. The molecular formula is C10H10O3S. The minimum absolute atomic E-state index is 0.141. The van der Waals surface area contributed by atoms with E-state index in [1.807, 2.05) is 0 Å². The Morgan fingerprint density at radius 3 is 2.57 bits per heavy atom. The van der Waals surface area contributed by atoms with Crippen LogP contribution in [0.15, 0.2) is 48.4 Å². The molecule has 0 saturated carbocycles. The summed E-state index contributed by atoms with van der Waals surface area (Å²) < 4.78 is 30.4. The Morgan fingerprint density at radius 1 is 1.43 bits per heavy atom. The zero-order valence-electron chi connectivity index (χ0n) is 7.47. The maximum absolute atomic E-state index is 10.8. The molecule has 3 nitrogen and oxygen atoms in total. The van der Waals surface area contributed by atoms with Crippen molar-refractivity contribution in [1.29, 1.82) is 0 Å². The molecule has 0 saturated heterocycles. The van der Waals surface area contributed by atoms with Crippen molar-refractivity contribution >= 4 is 15.7 Å². The minimum atomic E-state index is -4.14. The van der Waals surface area contributed by atoms with E-state index < -0.39 is 10.1 Å². The van der Waals surface area contributed by atoms with Crippen molar-refractivity contribution in [3.8, 4) is 0 Å². The molecule has 0 heterocycles. The molecule has 0 radical (unpaired) electrons. The molecule has 0 spiro atoms. The summed E-state index contributed by atoms with van der Waals surface area (Å²) in [5.41, 5.74) is 1.23. The lowest BCUT2D eigenvalue weighted by molar-refractivity contribution is 0.483. The molecule has 14 heavy (non-hydrogen) atoms. The molecule has 0 aliphatic carbocycles. The lowest BCUT2D eigenvalue weighted by atomic mass is 10.1. The predicted octanol–water partition coefficient (Wildman–Crippen LogP) is 2.13. The van der Waals surface area contributed by atoms with Crippen LogP contribution in [-0.4, -0.2) is 13.0 Å². The Labute approximate surface area is 83.1 Å². The highest BCUT2D eigenvalue weighted by atomic mass is 32.2. The van der Waals surface area contributed by atoms with Gasteiger partial charge in [0.15, 0.2) is 0 Å². The summed E-state index contributed by atoms with van der Waals surface area (Å²) in [5.74, 6) is 0. The summed E-state index contributed by atoms with van der Waals surface area (Å²) in [6, 6.07) is 5.89. The maximum atomic E-state index is 10.8. The molecule has 1 aromatic carbocycles. The molecule has 0 aliphatic rings. The Kier molecular flexibility index (Phi) is 2.88. The van der Waals surface area contributed by atoms with E-state index in [9.17, 15) is 8.42 Å². The predicted molar refractivity (Wildman–Crippen MR) is 55.5 cm³/mol. The maximum Gasteiger partial charge on any atom is 0.294 e. The van der Waals surface area contributed by atoms with Gasteiger partial charge in [0.05, 0.1) is 4.90 Å². The van der Waals surface area contributed by atoms with E-state index in [4.69, 9.17) is 4.55 Å². The topological polar surface area (TPSA) is 54.4 Å². The van der Waals surface area contributed by atoms with Gasteiger partial charge in [0.1, 0.15) is 0 Å². The quantitative estimate of drug-likeness (QED) is 0.614. The zero-order valence-corrected chi connectivity index (χ0v) is 8.29. The van der Waals surface area contributed by atoms with Gasteiger partial charge in [-0.05, 0) is 23.3 Å². The minimum Gasteiger partial charge on any atom is -0.282 e. The third kappa shape index (κ3) is 2.31.